The molecule has 36 heavy (non-hydrogen) atoms. The molecule has 3 N–H and O–H groups in total. The molecular formula is C25H25F2N7O2. The molecule has 186 valence electrons. The first kappa shape index (κ1) is 24.9. The van der Waals surface area contributed by atoms with E-state index in [1.54, 1.807) is 7.05 Å². The summed E-state index contributed by atoms with van der Waals surface area (Å²) in [7, 11) is 1.66. The summed E-state index contributed by atoms with van der Waals surface area (Å²) in [5.41, 5.74) is 9.64. The molecule has 2 aromatic carbocycles. The van der Waals surface area contributed by atoms with E-state index in [0.29, 0.717) is 48.1 Å². The molecule has 0 spiro atoms. The van der Waals surface area contributed by atoms with Crippen LogP contribution in [0.4, 0.5) is 14.5 Å². The highest BCUT2D eigenvalue weighted by atomic mass is 19.1. The molecule has 0 bridgehead atoms. The maximum Gasteiger partial charge on any atom is 0.255 e. The maximum absolute atomic E-state index is 15.0. The van der Waals surface area contributed by atoms with Crippen LogP contribution in [0.25, 0.3) is 32.5 Å². The summed E-state index contributed by atoms with van der Waals surface area (Å²) < 4.78 is 29.8. The molecule has 2 amide bonds. The van der Waals surface area contributed by atoms with Crippen LogP contribution in [0.1, 0.15) is 46.4 Å². The van der Waals surface area contributed by atoms with Gasteiger partial charge in [-0.05, 0) is 55.0 Å². The molecule has 11 heteroatoms. The summed E-state index contributed by atoms with van der Waals surface area (Å²) in [4.78, 5) is 31.9. The van der Waals surface area contributed by atoms with Gasteiger partial charge in [-0.25, -0.2) is 8.78 Å². The molecule has 1 aliphatic carbocycles. The summed E-state index contributed by atoms with van der Waals surface area (Å²) >= 11 is 0. The molecule has 1 fully saturated rings. The van der Waals surface area contributed by atoms with Crippen LogP contribution in [-0.2, 0) is 0 Å². The number of anilines is 1. The predicted molar refractivity (Wildman–Crippen MR) is 133 cm³/mol. The number of carbonyl (C=O) groups is 2. The Morgan fingerprint density at radius 1 is 1.11 bits per heavy atom. The number of amides is 2. The number of nitrogens with zero attached hydrogens (tertiary/aromatic N) is 4. The minimum absolute atomic E-state index is 0.115. The normalized spacial score (nSPS) is 12.6. The van der Waals surface area contributed by atoms with Crippen molar-refractivity contribution in [3.63, 3.8) is 0 Å². The third-order valence-corrected chi connectivity index (χ3v) is 5.92. The summed E-state index contributed by atoms with van der Waals surface area (Å²) in [6, 6.07) is 6.81. The van der Waals surface area contributed by atoms with Crippen molar-refractivity contribution in [2.24, 2.45) is 5.11 Å². The number of fused-ring (bicyclic) bond motifs is 1. The molecule has 0 saturated heterocycles. The van der Waals surface area contributed by atoms with Crippen LogP contribution in [0.5, 0.6) is 0 Å². The molecule has 1 saturated carbocycles. The van der Waals surface area contributed by atoms with Crippen molar-refractivity contribution in [3.8, 4) is 11.1 Å². The van der Waals surface area contributed by atoms with Gasteiger partial charge in [-0.15, -0.1) is 0 Å². The Hall–Kier alpha value is -4.24. The van der Waals surface area contributed by atoms with Crippen molar-refractivity contribution < 1.29 is 18.4 Å². The van der Waals surface area contributed by atoms with Gasteiger partial charge < -0.3 is 16.0 Å². The Kier molecular flexibility index (Phi) is 7.60. The lowest BCUT2D eigenvalue weighted by atomic mass is 9.99. The van der Waals surface area contributed by atoms with E-state index < -0.39 is 17.5 Å². The highest BCUT2D eigenvalue weighted by molar-refractivity contribution is 6.08. The number of hydrogen-bond acceptors (Lipinski definition) is 5. The summed E-state index contributed by atoms with van der Waals surface area (Å²) in [6.45, 7) is 0.626. The van der Waals surface area contributed by atoms with Gasteiger partial charge in [0.15, 0.2) is 0 Å². The second-order valence-electron chi connectivity index (χ2n) is 8.51. The number of nitrogens with one attached hydrogen (secondary N) is 3. The number of benzene rings is 2. The van der Waals surface area contributed by atoms with Gasteiger partial charge in [0, 0.05) is 54.3 Å². The lowest BCUT2D eigenvalue weighted by Gasteiger charge is -2.14. The molecule has 0 atom stereocenters. The standard InChI is InChI=1S/C25H25F2N7O2/c1-29-23-18-11-17(21(27)12-22(18)31-13-19(23)25(36)33-15-5-6-15)14-4-7-16(20(26)10-14)24(35)30-8-2-3-9-32-34-28/h4,7,10-13,15H,2-3,5-6,8-9H2,1H3,(H,29,31)(H,30,35)(H,33,36). The number of halogens is 2. The first-order valence-electron chi connectivity index (χ1n) is 11.6. The molecular weight excluding hydrogens is 468 g/mol. The molecule has 4 rings (SSSR count). The Labute approximate surface area is 205 Å². The Morgan fingerprint density at radius 3 is 2.61 bits per heavy atom. The monoisotopic (exact) mass is 493 g/mol. The quantitative estimate of drug-likeness (QED) is 0.160. The van der Waals surface area contributed by atoms with E-state index in [1.807, 2.05) is 0 Å². The largest absolute Gasteiger partial charge is 0.387 e. The summed E-state index contributed by atoms with van der Waals surface area (Å²) in [5, 5.41) is 12.5. The Balaban J connectivity index is 1.59. The van der Waals surface area contributed by atoms with Gasteiger partial charge in [0.25, 0.3) is 11.8 Å². The highest BCUT2D eigenvalue weighted by Gasteiger charge is 2.26. The summed E-state index contributed by atoms with van der Waals surface area (Å²) in [5.74, 6) is -2.25. The molecule has 0 radical (unpaired) electrons. The van der Waals surface area contributed by atoms with E-state index in [1.165, 1.54) is 30.5 Å². The lowest BCUT2D eigenvalue weighted by molar-refractivity contribution is 0.0941. The van der Waals surface area contributed by atoms with Crippen LogP contribution >= 0.6 is 0 Å². The Morgan fingerprint density at radius 2 is 1.92 bits per heavy atom. The molecule has 1 aliphatic rings. The van der Waals surface area contributed by atoms with Gasteiger partial charge in [-0.1, -0.05) is 11.2 Å². The number of aromatic nitrogens is 1. The molecule has 0 unspecified atom stereocenters. The number of pyridine rings is 1. The fourth-order valence-corrected chi connectivity index (χ4v) is 3.88. The van der Waals surface area contributed by atoms with Crippen LogP contribution in [0, 0.1) is 11.6 Å². The molecule has 1 aromatic heterocycles. The molecule has 9 nitrogen and oxygen atoms in total. The van der Waals surface area contributed by atoms with Crippen molar-refractivity contribution in [3.05, 3.63) is 69.7 Å². The highest BCUT2D eigenvalue weighted by Crippen LogP contribution is 2.33. The number of rotatable bonds is 10. The number of azide groups is 1. The van der Waals surface area contributed by atoms with E-state index in [9.17, 15) is 18.4 Å². The van der Waals surface area contributed by atoms with Crippen molar-refractivity contribution in [1.82, 2.24) is 15.6 Å². The first-order valence-corrected chi connectivity index (χ1v) is 11.6. The first-order chi connectivity index (χ1) is 17.4. The van der Waals surface area contributed by atoms with Gasteiger partial charge in [0.2, 0.25) is 0 Å². The van der Waals surface area contributed by atoms with E-state index in [2.05, 4.69) is 31.0 Å². The number of hydrogen-bond donors (Lipinski definition) is 3. The topological polar surface area (TPSA) is 132 Å². The zero-order valence-corrected chi connectivity index (χ0v) is 19.6. The van der Waals surface area contributed by atoms with E-state index in [0.717, 1.165) is 18.9 Å². The van der Waals surface area contributed by atoms with Crippen molar-refractivity contribution in [2.45, 2.75) is 31.7 Å². The predicted octanol–water partition coefficient (Wildman–Crippen LogP) is 4.93. The van der Waals surface area contributed by atoms with Crippen LogP contribution in [0.15, 0.2) is 41.6 Å². The smallest absolute Gasteiger partial charge is 0.255 e. The van der Waals surface area contributed by atoms with E-state index in [-0.39, 0.29) is 28.6 Å². The average Bonchev–Trinajstić information content (AvgIpc) is 3.68. The number of unbranched alkanes of at least 4 members (excludes halogenated alkanes) is 1. The molecule has 0 aliphatic heterocycles. The van der Waals surface area contributed by atoms with Gasteiger partial charge >= 0.3 is 0 Å². The van der Waals surface area contributed by atoms with E-state index >= 15 is 0 Å². The van der Waals surface area contributed by atoms with Gasteiger partial charge in [0.1, 0.15) is 11.6 Å². The fourth-order valence-electron chi connectivity index (χ4n) is 3.88. The zero-order valence-electron chi connectivity index (χ0n) is 19.6. The minimum Gasteiger partial charge on any atom is -0.387 e. The van der Waals surface area contributed by atoms with Crippen molar-refractivity contribution in [1.29, 1.82) is 0 Å². The minimum atomic E-state index is -0.789. The maximum atomic E-state index is 15.0. The second-order valence-corrected chi connectivity index (χ2v) is 8.51. The fraction of sp³-hybridized carbons (Fsp3) is 0.320. The average molecular weight is 494 g/mol. The van der Waals surface area contributed by atoms with Gasteiger partial charge in [0.05, 0.1) is 22.3 Å². The van der Waals surface area contributed by atoms with Gasteiger partial charge in [-0.2, -0.15) is 0 Å². The second kappa shape index (κ2) is 11.0. The third-order valence-electron chi connectivity index (χ3n) is 5.92. The molecule has 3 aromatic rings. The van der Waals surface area contributed by atoms with Gasteiger partial charge in [-0.3, -0.25) is 14.6 Å². The van der Waals surface area contributed by atoms with Crippen molar-refractivity contribution in [2.75, 3.05) is 25.5 Å². The lowest BCUT2D eigenvalue weighted by Crippen LogP contribution is -2.26. The SMILES string of the molecule is CNc1c(C(=O)NC2CC2)cnc2cc(F)c(-c3ccc(C(=O)NCCCCN=[N+]=[N-])c(F)c3)cc12. The van der Waals surface area contributed by atoms with Crippen LogP contribution in [0.2, 0.25) is 0 Å². The van der Waals surface area contributed by atoms with Crippen LogP contribution < -0.4 is 16.0 Å². The third kappa shape index (κ3) is 5.52. The zero-order chi connectivity index (χ0) is 25.7. The summed E-state index contributed by atoms with van der Waals surface area (Å²) in [6.07, 6.45) is 4.46. The van der Waals surface area contributed by atoms with E-state index in [4.69, 9.17) is 5.53 Å². The van der Waals surface area contributed by atoms with Crippen LogP contribution in [-0.4, -0.2) is 43.0 Å². The molecule has 1 heterocycles. The number of carbonyl (C=O) groups excluding carboxylic acids is 2. The Bertz CT molecular complexity index is 1370. The van der Waals surface area contributed by atoms with Crippen LogP contribution in [0.3, 0.4) is 0 Å². The van der Waals surface area contributed by atoms with Crippen molar-refractivity contribution >= 4 is 28.4 Å².